The van der Waals surface area contributed by atoms with Gasteiger partial charge in [-0.05, 0) is 37.3 Å². The van der Waals surface area contributed by atoms with Gasteiger partial charge in [0.1, 0.15) is 0 Å². The first-order valence-corrected chi connectivity index (χ1v) is 6.97. The average Bonchev–Trinajstić information content (AvgIpc) is 2.86. The molecule has 1 fully saturated rings. The molecule has 0 saturated heterocycles. The molecule has 20 heavy (non-hydrogen) atoms. The highest BCUT2D eigenvalue weighted by atomic mass is 16.4. The van der Waals surface area contributed by atoms with Crippen molar-refractivity contribution in [3.63, 3.8) is 0 Å². The van der Waals surface area contributed by atoms with Gasteiger partial charge < -0.3 is 10.4 Å². The summed E-state index contributed by atoms with van der Waals surface area (Å²) >= 11 is 0. The van der Waals surface area contributed by atoms with Gasteiger partial charge in [-0.15, -0.1) is 0 Å². The lowest BCUT2D eigenvalue weighted by atomic mass is 9.95. The number of carboxylic acid groups (broad SMARTS) is 1. The van der Waals surface area contributed by atoms with E-state index in [1.165, 1.54) is 0 Å². The molecule has 1 aliphatic rings. The molecule has 3 unspecified atom stereocenters. The van der Waals surface area contributed by atoms with Gasteiger partial charge in [-0.1, -0.05) is 13.3 Å². The summed E-state index contributed by atoms with van der Waals surface area (Å²) < 4.78 is 0. The van der Waals surface area contributed by atoms with E-state index in [9.17, 15) is 14.7 Å². The first-order chi connectivity index (χ1) is 9.52. The zero-order valence-electron chi connectivity index (χ0n) is 11.8. The van der Waals surface area contributed by atoms with Crippen LogP contribution in [0, 0.1) is 24.7 Å². The fourth-order valence-electron chi connectivity index (χ4n) is 2.86. The summed E-state index contributed by atoms with van der Waals surface area (Å²) in [4.78, 5) is 27.6. The highest BCUT2D eigenvalue weighted by molar-refractivity contribution is 5.95. The number of nitrogens with zero attached hydrogens (tertiary/aromatic N) is 1. The highest BCUT2D eigenvalue weighted by Crippen LogP contribution is 2.39. The molecule has 1 heterocycles. The summed E-state index contributed by atoms with van der Waals surface area (Å²) in [6.45, 7) is 3.92. The van der Waals surface area contributed by atoms with E-state index in [4.69, 9.17) is 0 Å². The topological polar surface area (TPSA) is 79.3 Å². The molecule has 5 nitrogen and oxygen atoms in total. The normalized spacial score (nSPS) is 25.4. The molecule has 2 N–H and O–H groups in total. The van der Waals surface area contributed by atoms with E-state index in [1.807, 2.05) is 19.9 Å². The van der Waals surface area contributed by atoms with Gasteiger partial charge in [-0.2, -0.15) is 0 Å². The number of hydrogen-bond acceptors (Lipinski definition) is 3. The lowest BCUT2D eigenvalue weighted by Crippen LogP contribution is -2.30. The van der Waals surface area contributed by atoms with Crippen molar-refractivity contribution in [1.29, 1.82) is 0 Å². The van der Waals surface area contributed by atoms with E-state index in [2.05, 4.69) is 10.3 Å². The van der Waals surface area contributed by atoms with Crippen LogP contribution in [0.4, 0.5) is 5.69 Å². The Hall–Kier alpha value is -1.91. The van der Waals surface area contributed by atoms with Crippen LogP contribution in [-0.4, -0.2) is 22.0 Å². The van der Waals surface area contributed by atoms with E-state index in [0.717, 1.165) is 12.0 Å². The SMILES string of the molecule is CCC1CC(C(=O)O)C(C(=O)Nc2cnccc2C)C1. The zero-order valence-corrected chi connectivity index (χ0v) is 11.8. The summed E-state index contributed by atoms with van der Waals surface area (Å²) in [6, 6.07) is 1.81. The van der Waals surface area contributed by atoms with Crippen LogP contribution >= 0.6 is 0 Å². The van der Waals surface area contributed by atoms with Gasteiger partial charge in [-0.25, -0.2) is 0 Å². The van der Waals surface area contributed by atoms with Crippen LogP contribution in [0.1, 0.15) is 31.7 Å². The first kappa shape index (κ1) is 14.5. The third kappa shape index (κ3) is 2.98. The van der Waals surface area contributed by atoms with Crippen LogP contribution in [0.3, 0.4) is 0 Å². The third-order valence-electron chi connectivity index (χ3n) is 4.19. The largest absolute Gasteiger partial charge is 0.481 e. The van der Waals surface area contributed by atoms with E-state index in [-0.39, 0.29) is 5.91 Å². The third-order valence-corrected chi connectivity index (χ3v) is 4.19. The molecule has 108 valence electrons. The number of anilines is 1. The van der Waals surface area contributed by atoms with Gasteiger partial charge >= 0.3 is 5.97 Å². The number of rotatable bonds is 4. The van der Waals surface area contributed by atoms with Gasteiger partial charge in [0.15, 0.2) is 0 Å². The second-order valence-corrected chi connectivity index (χ2v) is 5.48. The summed E-state index contributed by atoms with van der Waals surface area (Å²) in [7, 11) is 0. The molecule has 1 amide bonds. The van der Waals surface area contributed by atoms with Crippen molar-refractivity contribution in [2.24, 2.45) is 17.8 Å². The summed E-state index contributed by atoms with van der Waals surface area (Å²) in [5, 5.41) is 12.1. The Morgan fingerprint density at radius 2 is 2.10 bits per heavy atom. The van der Waals surface area contributed by atoms with Crippen molar-refractivity contribution in [2.45, 2.75) is 33.1 Å². The van der Waals surface area contributed by atoms with Gasteiger partial charge in [0, 0.05) is 6.20 Å². The van der Waals surface area contributed by atoms with Crippen LogP contribution in [0.2, 0.25) is 0 Å². The van der Waals surface area contributed by atoms with Crippen LogP contribution in [0.5, 0.6) is 0 Å². The van der Waals surface area contributed by atoms with E-state index < -0.39 is 17.8 Å². The Kier molecular flexibility index (Phi) is 4.37. The van der Waals surface area contributed by atoms with Crippen molar-refractivity contribution in [3.8, 4) is 0 Å². The number of carboxylic acids is 1. The maximum Gasteiger partial charge on any atom is 0.307 e. The fraction of sp³-hybridized carbons (Fsp3) is 0.533. The molecule has 3 atom stereocenters. The monoisotopic (exact) mass is 276 g/mol. The maximum absolute atomic E-state index is 12.3. The molecule has 0 spiro atoms. The van der Waals surface area contributed by atoms with Crippen LogP contribution < -0.4 is 5.32 Å². The predicted molar refractivity (Wildman–Crippen MR) is 75.2 cm³/mol. The molecule has 0 bridgehead atoms. The molecule has 0 aromatic carbocycles. The van der Waals surface area contributed by atoms with Gasteiger partial charge in [0.2, 0.25) is 5.91 Å². The molecule has 1 aliphatic carbocycles. The minimum absolute atomic E-state index is 0.204. The van der Waals surface area contributed by atoms with E-state index >= 15 is 0 Å². The standard InChI is InChI=1S/C15H20N2O3/c1-3-10-6-11(12(7-10)15(19)20)14(18)17-13-8-16-5-4-9(13)2/h4-5,8,10-12H,3,6-7H2,1-2H3,(H,17,18)(H,19,20). The second kappa shape index (κ2) is 6.03. The second-order valence-electron chi connectivity index (χ2n) is 5.48. The van der Waals surface area contributed by atoms with E-state index in [1.54, 1.807) is 12.4 Å². The van der Waals surface area contributed by atoms with Crippen molar-refractivity contribution < 1.29 is 14.7 Å². The number of aliphatic carboxylic acids is 1. The smallest absolute Gasteiger partial charge is 0.307 e. The molecule has 1 saturated carbocycles. The fourth-order valence-corrected chi connectivity index (χ4v) is 2.86. The molecule has 5 heteroatoms. The first-order valence-electron chi connectivity index (χ1n) is 6.97. The Morgan fingerprint density at radius 3 is 2.70 bits per heavy atom. The molecule has 0 aliphatic heterocycles. The zero-order chi connectivity index (χ0) is 14.7. The highest BCUT2D eigenvalue weighted by Gasteiger charge is 2.42. The summed E-state index contributed by atoms with van der Waals surface area (Å²) in [5.74, 6) is -1.77. The molecular weight excluding hydrogens is 256 g/mol. The maximum atomic E-state index is 12.3. The minimum atomic E-state index is -0.871. The number of amides is 1. The summed E-state index contributed by atoms with van der Waals surface area (Å²) in [5.41, 5.74) is 1.58. The van der Waals surface area contributed by atoms with Crippen LogP contribution in [0.15, 0.2) is 18.5 Å². The Balaban J connectivity index is 2.11. The Labute approximate surface area is 118 Å². The Bertz CT molecular complexity index is 516. The average molecular weight is 276 g/mol. The lowest BCUT2D eigenvalue weighted by molar-refractivity contribution is -0.145. The number of hydrogen-bond donors (Lipinski definition) is 2. The van der Waals surface area contributed by atoms with Crippen molar-refractivity contribution in [2.75, 3.05) is 5.32 Å². The van der Waals surface area contributed by atoms with Crippen LogP contribution in [0.25, 0.3) is 0 Å². The number of aromatic nitrogens is 1. The number of aryl methyl sites for hydroxylation is 1. The number of carbonyl (C=O) groups is 2. The predicted octanol–water partition coefficient (Wildman–Crippen LogP) is 2.47. The lowest BCUT2D eigenvalue weighted by Gasteiger charge is -2.16. The van der Waals surface area contributed by atoms with Gasteiger partial charge in [0.05, 0.1) is 23.7 Å². The Morgan fingerprint density at radius 1 is 1.40 bits per heavy atom. The molecular formula is C15H20N2O3. The van der Waals surface area contributed by atoms with Crippen molar-refractivity contribution >= 4 is 17.6 Å². The minimum Gasteiger partial charge on any atom is -0.481 e. The van der Waals surface area contributed by atoms with Gasteiger partial charge in [0.25, 0.3) is 0 Å². The summed E-state index contributed by atoms with van der Waals surface area (Å²) in [6.07, 6.45) is 5.41. The number of pyridine rings is 1. The number of carbonyl (C=O) groups excluding carboxylic acids is 1. The molecule has 2 rings (SSSR count). The molecule has 1 aromatic rings. The van der Waals surface area contributed by atoms with Crippen molar-refractivity contribution in [3.05, 3.63) is 24.0 Å². The molecule has 1 aromatic heterocycles. The molecule has 0 radical (unpaired) electrons. The number of nitrogens with one attached hydrogen (secondary N) is 1. The van der Waals surface area contributed by atoms with Gasteiger partial charge in [-0.3, -0.25) is 14.6 Å². The van der Waals surface area contributed by atoms with Crippen molar-refractivity contribution in [1.82, 2.24) is 4.98 Å². The quantitative estimate of drug-likeness (QED) is 0.885. The van der Waals surface area contributed by atoms with E-state index in [0.29, 0.717) is 24.4 Å². The van der Waals surface area contributed by atoms with Crippen LogP contribution in [-0.2, 0) is 9.59 Å².